The number of anilines is 1. The summed E-state index contributed by atoms with van der Waals surface area (Å²) in [5, 5.41) is 0.643. The molecule has 0 saturated heterocycles. The first-order valence-corrected chi connectivity index (χ1v) is 9.51. The molecule has 4 rings (SSSR count). The molecule has 0 saturated carbocycles. The van der Waals surface area contributed by atoms with Crippen LogP contribution in [0.15, 0.2) is 53.7 Å². The highest BCUT2D eigenvalue weighted by Gasteiger charge is 2.40. The monoisotopic (exact) mass is 403 g/mol. The van der Waals surface area contributed by atoms with Crippen LogP contribution in [0.2, 0.25) is 10.0 Å². The Morgan fingerprint density at radius 3 is 2.48 bits per heavy atom. The fourth-order valence-corrected chi connectivity index (χ4v) is 4.30. The molecule has 0 aromatic heterocycles. The third-order valence-electron chi connectivity index (χ3n) is 5.12. The predicted molar refractivity (Wildman–Crippen MR) is 104 cm³/mol. The Hall–Kier alpha value is -2.17. The first kappa shape index (κ1) is 18.2. The zero-order chi connectivity index (χ0) is 19.1. The van der Waals surface area contributed by atoms with Gasteiger partial charge in [0, 0.05) is 30.0 Å². The molecular weight excluding hydrogens is 388 g/mol. The maximum Gasteiger partial charge on any atom is 0.232 e. The van der Waals surface area contributed by atoms with Crippen LogP contribution in [-0.2, 0) is 9.59 Å². The van der Waals surface area contributed by atoms with Crippen LogP contribution >= 0.6 is 23.2 Å². The van der Waals surface area contributed by atoms with E-state index >= 15 is 0 Å². The molecule has 2 aliphatic rings. The second-order valence-electron chi connectivity index (χ2n) is 6.75. The molecule has 0 radical (unpaired) electrons. The molecule has 1 aliphatic carbocycles. The van der Waals surface area contributed by atoms with Crippen LogP contribution in [0.1, 0.15) is 37.2 Å². The molecule has 0 spiro atoms. The SMILES string of the molecule is O=C1CCCC2=C1C(c1ccc(F)cc1)CC(=O)N2c1cccc(Cl)c1Cl. The van der Waals surface area contributed by atoms with E-state index in [1.54, 1.807) is 35.2 Å². The van der Waals surface area contributed by atoms with Gasteiger partial charge in [0.15, 0.2) is 5.78 Å². The smallest absolute Gasteiger partial charge is 0.232 e. The summed E-state index contributed by atoms with van der Waals surface area (Å²) in [5.41, 5.74) is 2.57. The minimum atomic E-state index is -0.366. The molecule has 0 N–H and O–H groups in total. The van der Waals surface area contributed by atoms with Gasteiger partial charge in [-0.1, -0.05) is 41.4 Å². The van der Waals surface area contributed by atoms with Crippen molar-refractivity contribution in [2.24, 2.45) is 0 Å². The summed E-state index contributed by atoms with van der Waals surface area (Å²) in [4.78, 5) is 27.4. The van der Waals surface area contributed by atoms with Gasteiger partial charge >= 0.3 is 0 Å². The summed E-state index contributed by atoms with van der Waals surface area (Å²) in [7, 11) is 0. The van der Waals surface area contributed by atoms with E-state index < -0.39 is 0 Å². The number of allylic oxidation sites excluding steroid dienone is 2. The van der Waals surface area contributed by atoms with Crippen molar-refractivity contribution in [1.29, 1.82) is 0 Å². The van der Waals surface area contributed by atoms with Crippen molar-refractivity contribution in [2.75, 3.05) is 4.90 Å². The number of halogens is 3. The van der Waals surface area contributed by atoms with E-state index in [9.17, 15) is 14.0 Å². The van der Waals surface area contributed by atoms with Crippen molar-refractivity contribution in [3.05, 3.63) is 75.2 Å². The van der Waals surface area contributed by atoms with Gasteiger partial charge in [-0.3, -0.25) is 14.5 Å². The van der Waals surface area contributed by atoms with Crippen molar-refractivity contribution in [3.8, 4) is 0 Å². The normalized spacial score (nSPS) is 20.1. The number of nitrogens with zero attached hydrogens (tertiary/aromatic N) is 1. The molecule has 1 amide bonds. The minimum Gasteiger partial charge on any atom is -0.294 e. The van der Waals surface area contributed by atoms with Crippen LogP contribution in [0.25, 0.3) is 0 Å². The Labute approximate surface area is 166 Å². The van der Waals surface area contributed by atoms with Gasteiger partial charge in [-0.2, -0.15) is 0 Å². The van der Waals surface area contributed by atoms with Crippen molar-refractivity contribution in [1.82, 2.24) is 0 Å². The van der Waals surface area contributed by atoms with Gasteiger partial charge < -0.3 is 0 Å². The van der Waals surface area contributed by atoms with E-state index in [1.807, 2.05) is 0 Å². The van der Waals surface area contributed by atoms with E-state index in [4.69, 9.17) is 23.2 Å². The lowest BCUT2D eigenvalue weighted by atomic mass is 9.77. The van der Waals surface area contributed by atoms with Gasteiger partial charge in [0.1, 0.15) is 5.82 Å². The van der Waals surface area contributed by atoms with Crippen LogP contribution in [0.3, 0.4) is 0 Å². The topological polar surface area (TPSA) is 37.4 Å². The second kappa shape index (κ2) is 7.10. The molecule has 2 aromatic rings. The predicted octanol–water partition coefficient (Wildman–Crippen LogP) is 5.66. The van der Waals surface area contributed by atoms with E-state index in [2.05, 4.69) is 0 Å². The number of ketones is 1. The van der Waals surface area contributed by atoms with Gasteiger partial charge in [0.05, 0.1) is 15.7 Å². The summed E-state index contributed by atoms with van der Waals surface area (Å²) in [5.74, 6) is -0.837. The fourth-order valence-electron chi connectivity index (χ4n) is 3.92. The average molecular weight is 404 g/mol. The first-order valence-electron chi connectivity index (χ1n) is 8.76. The largest absolute Gasteiger partial charge is 0.294 e. The molecule has 6 heteroatoms. The number of amides is 1. The first-order chi connectivity index (χ1) is 13.0. The van der Waals surface area contributed by atoms with Crippen LogP contribution in [0.4, 0.5) is 10.1 Å². The molecule has 0 fully saturated rings. The zero-order valence-corrected chi connectivity index (χ0v) is 15.9. The number of carbonyl (C=O) groups is 2. The maximum atomic E-state index is 13.3. The van der Waals surface area contributed by atoms with E-state index in [0.717, 1.165) is 5.56 Å². The third-order valence-corrected chi connectivity index (χ3v) is 5.93. The van der Waals surface area contributed by atoms with Crippen molar-refractivity contribution in [3.63, 3.8) is 0 Å². The summed E-state index contributed by atoms with van der Waals surface area (Å²) >= 11 is 12.5. The van der Waals surface area contributed by atoms with Gasteiger partial charge in [-0.05, 0) is 42.7 Å². The summed E-state index contributed by atoms with van der Waals surface area (Å²) in [6.45, 7) is 0. The number of hydrogen-bond acceptors (Lipinski definition) is 2. The van der Waals surface area contributed by atoms with Crippen molar-refractivity contribution < 1.29 is 14.0 Å². The Balaban J connectivity index is 1.88. The highest BCUT2D eigenvalue weighted by molar-refractivity contribution is 6.44. The van der Waals surface area contributed by atoms with E-state index in [1.165, 1.54) is 12.1 Å². The molecular formula is C21H16Cl2FNO2. The van der Waals surface area contributed by atoms with Gasteiger partial charge in [0.2, 0.25) is 5.91 Å². The summed E-state index contributed by atoms with van der Waals surface area (Å²) in [6.07, 6.45) is 1.85. The zero-order valence-electron chi connectivity index (χ0n) is 14.3. The highest BCUT2D eigenvalue weighted by atomic mass is 35.5. The number of carbonyl (C=O) groups excluding carboxylic acids is 2. The van der Waals surface area contributed by atoms with Crippen LogP contribution in [0.5, 0.6) is 0 Å². The van der Waals surface area contributed by atoms with Crippen LogP contribution in [-0.4, -0.2) is 11.7 Å². The number of Topliss-reactive ketones (excluding diaryl/α,β-unsaturated/α-hetero) is 1. The number of hydrogen-bond donors (Lipinski definition) is 0. The van der Waals surface area contributed by atoms with Gasteiger partial charge in [-0.15, -0.1) is 0 Å². The Morgan fingerprint density at radius 2 is 1.74 bits per heavy atom. The molecule has 0 bridgehead atoms. The van der Waals surface area contributed by atoms with Gasteiger partial charge in [0.25, 0.3) is 0 Å². The Bertz CT molecular complexity index is 969. The Kier molecular flexibility index (Phi) is 4.79. The van der Waals surface area contributed by atoms with Crippen LogP contribution in [0, 0.1) is 5.82 Å². The molecule has 27 heavy (non-hydrogen) atoms. The molecule has 1 unspecified atom stereocenters. The number of benzene rings is 2. The minimum absolute atomic E-state index is 0.0289. The molecule has 1 atom stereocenters. The Morgan fingerprint density at radius 1 is 1.00 bits per heavy atom. The fraction of sp³-hybridized carbons (Fsp3) is 0.238. The van der Waals surface area contributed by atoms with Gasteiger partial charge in [-0.25, -0.2) is 4.39 Å². The third kappa shape index (κ3) is 3.17. The lowest BCUT2D eigenvalue weighted by Gasteiger charge is -2.38. The van der Waals surface area contributed by atoms with E-state index in [-0.39, 0.29) is 34.9 Å². The molecule has 2 aromatic carbocycles. The van der Waals surface area contributed by atoms with E-state index in [0.29, 0.717) is 41.2 Å². The maximum absolute atomic E-state index is 13.3. The van der Waals surface area contributed by atoms with Crippen LogP contribution < -0.4 is 4.90 Å². The number of rotatable bonds is 2. The molecule has 1 heterocycles. The summed E-state index contributed by atoms with van der Waals surface area (Å²) in [6, 6.07) is 11.1. The quantitative estimate of drug-likeness (QED) is 0.648. The second-order valence-corrected chi connectivity index (χ2v) is 7.53. The molecule has 3 nitrogen and oxygen atoms in total. The highest BCUT2D eigenvalue weighted by Crippen LogP contribution is 2.45. The average Bonchev–Trinajstić information content (AvgIpc) is 2.65. The standard InChI is InChI=1S/C21H16Cl2FNO2/c22-15-3-1-5-17(21(15)23)25-16-4-2-6-18(26)20(16)14(11-19(25)27)12-7-9-13(24)10-8-12/h1,3,5,7-10,14H,2,4,6,11H2. The van der Waals surface area contributed by atoms with Crippen molar-refractivity contribution >= 4 is 40.6 Å². The summed E-state index contributed by atoms with van der Waals surface area (Å²) < 4.78 is 13.3. The van der Waals surface area contributed by atoms with Crippen molar-refractivity contribution in [2.45, 2.75) is 31.6 Å². The lowest BCUT2D eigenvalue weighted by Crippen LogP contribution is -2.40. The molecule has 138 valence electrons. The lowest BCUT2D eigenvalue weighted by molar-refractivity contribution is -0.119. The molecule has 1 aliphatic heterocycles.